The van der Waals surface area contributed by atoms with E-state index in [-0.39, 0.29) is 6.42 Å². The topological polar surface area (TPSA) is 37.3 Å². The van der Waals surface area contributed by atoms with Gasteiger partial charge in [0.1, 0.15) is 0 Å². The van der Waals surface area contributed by atoms with Gasteiger partial charge in [-0.05, 0) is 11.1 Å². The van der Waals surface area contributed by atoms with Crippen LogP contribution in [0.25, 0.3) is 11.1 Å². The average Bonchev–Trinajstić information content (AvgIpc) is 2.41. The Hall–Kier alpha value is -2.35. The largest absolute Gasteiger partial charge is 0.481 e. The highest BCUT2D eigenvalue weighted by molar-refractivity contribution is 5.68. The minimum atomic E-state index is -0.829. The lowest BCUT2D eigenvalue weighted by atomic mass is 10.1. The van der Waals surface area contributed by atoms with Crippen LogP contribution >= 0.6 is 0 Å². The molecule has 0 spiro atoms. The van der Waals surface area contributed by atoms with Gasteiger partial charge in [0, 0.05) is 0 Å². The standard InChI is InChI=1S/C12H10.C4H6O2/c1-3-7-11(8-4-1)12-9-5-2-6-10-12;1-2-3-4(5)6/h1-10H;2H,1,3H2,(H,5,6). The molecule has 1 N–H and O–H groups in total. The van der Waals surface area contributed by atoms with Crippen molar-refractivity contribution in [2.45, 2.75) is 6.42 Å². The van der Waals surface area contributed by atoms with Gasteiger partial charge in [-0.1, -0.05) is 66.7 Å². The van der Waals surface area contributed by atoms with Crippen LogP contribution in [0.5, 0.6) is 0 Å². The highest BCUT2D eigenvalue weighted by Gasteiger charge is 1.91. The molecule has 0 unspecified atom stereocenters. The Morgan fingerprint density at radius 1 is 0.944 bits per heavy atom. The fourth-order valence-corrected chi connectivity index (χ4v) is 1.38. The van der Waals surface area contributed by atoms with Gasteiger partial charge in [0.05, 0.1) is 6.42 Å². The summed E-state index contributed by atoms with van der Waals surface area (Å²) in [6.07, 6.45) is 1.41. The summed E-state index contributed by atoms with van der Waals surface area (Å²) in [5.74, 6) is -0.829. The van der Waals surface area contributed by atoms with E-state index < -0.39 is 5.97 Å². The molecule has 18 heavy (non-hydrogen) atoms. The van der Waals surface area contributed by atoms with E-state index in [0.717, 1.165) is 0 Å². The van der Waals surface area contributed by atoms with Gasteiger partial charge in [0.15, 0.2) is 0 Å². The molecule has 0 bridgehead atoms. The van der Waals surface area contributed by atoms with Crippen LogP contribution < -0.4 is 0 Å². The number of carbonyl (C=O) groups is 1. The third-order valence-electron chi connectivity index (χ3n) is 2.20. The van der Waals surface area contributed by atoms with Crippen molar-refractivity contribution in [1.29, 1.82) is 0 Å². The van der Waals surface area contributed by atoms with Gasteiger partial charge in [-0.25, -0.2) is 0 Å². The zero-order chi connectivity index (χ0) is 13.2. The first-order valence-electron chi connectivity index (χ1n) is 5.67. The molecule has 2 aromatic rings. The molecule has 0 heterocycles. The van der Waals surface area contributed by atoms with Crippen molar-refractivity contribution in [2.24, 2.45) is 0 Å². The molecule has 0 aliphatic rings. The molecule has 0 saturated carbocycles. The molecule has 2 heteroatoms. The predicted molar refractivity (Wildman–Crippen MR) is 74.3 cm³/mol. The first-order valence-corrected chi connectivity index (χ1v) is 5.67. The Morgan fingerprint density at radius 3 is 1.56 bits per heavy atom. The molecule has 0 fully saturated rings. The summed E-state index contributed by atoms with van der Waals surface area (Å²) < 4.78 is 0. The Kier molecular flexibility index (Phi) is 5.98. The summed E-state index contributed by atoms with van der Waals surface area (Å²) in [4.78, 5) is 9.53. The van der Waals surface area contributed by atoms with Crippen molar-refractivity contribution in [3.8, 4) is 11.1 Å². The van der Waals surface area contributed by atoms with Crippen LogP contribution in [0.15, 0.2) is 73.3 Å². The zero-order valence-electron chi connectivity index (χ0n) is 10.1. The number of hydrogen-bond acceptors (Lipinski definition) is 1. The smallest absolute Gasteiger partial charge is 0.307 e. The van der Waals surface area contributed by atoms with E-state index in [9.17, 15) is 4.79 Å². The van der Waals surface area contributed by atoms with Gasteiger partial charge in [0.25, 0.3) is 0 Å². The van der Waals surface area contributed by atoms with Crippen LogP contribution in [-0.2, 0) is 4.79 Å². The summed E-state index contributed by atoms with van der Waals surface area (Å²) in [5, 5.41) is 7.84. The van der Waals surface area contributed by atoms with E-state index in [2.05, 4.69) is 55.1 Å². The minimum absolute atomic E-state index is 0.0556. The van der Waals surface area contributed by atoms with Crippen LogP contribution in [0, 0.1) is 0 Å². The van der Waals surface area contributed by atoms with E-state index >= 15 is 0 Å². The van der Waals surface area contributed by atoms with Crippen molar-refractivity contribution in [3.63, 3.8) is 0 Å². The maximum Gasteiger partial charge on any atom is 0.307 e. The van der Waals surface area contributed by atoms with Crippen LogP contribution in [-0.4, -0.2) is 11.1 Å². The number of aliphatic carboxylic acids is 1. The second kappa shape index (κ2) is 7.85. The van der Waals surface area contributed by atoms with Gasteiger partial charge in [-0.3, -0.25) is 4.79 Å². The summed E-state index contributed by atoms with van der Waals surface area (Å²) >= 11 is 0. The Balaban J connectivity index is 0.000000232. The molecule has 2 nitrogen and oxygen atoms in total. The molecule has 0 amide bonds. The van der Waals surface area contributed by atoms with Crippen molar-refractivity contribution in [1.82, 2.24) is 0 Å². The monoisotopic (exact) mass is 240 g/mol. The Bertz CT molecular complexity index is 437. The maximum absolute atomic E-state index is 9.53. The number of rotatable bonds is 3. The number of carboxylic acid groups (broad SMARTS) is 1. The SMILES string of the molecule is C=CCC(=O)O.c1ccc(-c2ccccc2)cc1. The van der Waals surface area contributed by atoms with Crippen LogP contribution in [0.1, 0.15) is 6.42 Å². The quantitative estimate of drug-likeness (QED) is 0.823. The van der Waals surface area contributed by atoms with Crippen LogP contribution in [0.2, 0.25) is 0 Å². The highest BCUT2D eigenvalue weighted by Crippen LogP contribution is 2.17. The fourth-order valence-electron chi connectivity index (χ4n) is 1.38. The summed E-state index contributed by atoms with van der Waals surface area (Å²) in [6, 6.07) is 20.8. The van der Waals surface area contributed by atoms with Gasteiger partial charge < -0.3 is 5.11 Å². The number of hydrogen-bond donors (Lipinski definition) is 1. The average molecular weight is 240 g/mol. The normalized spacial score (nSPS) is 8.89. The Labute approximate surface area is 107 Å². The molecule has 0 aliphatic heterocycles. The highest BCUT2D eigenvalue weighted by atomic mass is 16.4. The molecule has 0 aliphatic carbocycles. The summed E-state index contributed by atoms with van der Waals surface area (Å²) in [7, 11) is 0. The van der Waals surface area contributed by atoms with E-state index in [1.807, 2.05) is 12.1 Å². The van der Waals surface area contributed by atoms with E-state index in [1.54, 1.807) is 0 Å². The molecule has 92 valence electrons. The van der Waals surface area contributed by atoms with Crippen molar-refractivity contribution < 1.29 is 9.90 Å². The first-order chi connectivity index (χ1) is 8.74. The summed E-state index contributed by atoms with van der Waals surface area (Å²) in [6.45, 7) is 3.22. The number of carboxylic acids is 1. The van der Waals surface area contributed by atoms with Gasteiger partial charge in [-0.2, -0.15) is 0 Å². The predicted octanol–water partition coefficient (Wildman–Crippen LogP) is 4.00. The van der Waals surface area contributed by atoms with E-state index in [0.29, 0.717) is 0 Å². The van der Waals surface area contributed by atoms with Crippen LogP contribution in [0.4, 0.5) is 0 Å². The molecule has 0 radical (unpaired) electrons. The van der Waals surface area contributed by atoms with Gasteiger partial charge in [0.2, 0.25) is 0 Å². The van der Waals surface area contributed by atoms with Crippen LogP contribution in [0.3, 0.4) is 0 Å². The molecular weight excluding hydrogens is 224 g/mol. The lowest BCUT2D eigenvalue weighted by Gasteiger charge is -1.98. The summed E-state index contributed by atoms with van der Waals surface area (Å²) in [5.41, 5.74) is 2.55. The molecular formula is C16H16O2. The molecule has 2 rings (SSSR count). The zero-order valence-corrected chi connectivity index (χ0v) is 10.1. The lowest BCUT2D eigenvalue weighted by molar-refractivity contribution is -0.135. The Morgan fingerprint density at radius 2 is 1.33 bits per heavy atom. The third-order valence-corrected chi connectivity index (χ3v) is 2.20. The molecule has 0 saturated heterocycles. The fraction of sp³-hybridized carbons (Fsp3) is 0.0625. The molecule has 2 aromatic carbocycles. The van der Waals surface area contributed by atoms with E-state index in [1.165, 1.54) is 17.2 Å². The minimum Gasteiger partial charge on any atom is -0.481 e. The first kappa shape index (κ1) is 13.7. The van der Waals surface area contributed by atoms with Crippen molar-refractivity contribution >= 4 is 5.97 Å². The van der Waals surface area contributed by atoms with Gasteiger partial charge >= 0.3 is 5.97 Å². The van der Waals surface area contributed by atoms with E-state index in [4.69, 9.17) is 5.11 Å². The van der Waals surface area contributed by atoms with Crippen molar-refractivity contribution in [3.05, 3.63) is 73.3 Å². The third kappa shape index (κ3) is 5.12. The second-order valence-corrected chi connectivity index (χ2v) is 3.62. The number of benzene rings is 2. The maximum atomic E-state index is 9.53. The lowest BCUT2D eigenvalue weighted by Crippen LogP contribution is -1.88. The van der Waals surface area contributed by atoms with Crippen molar-refractivity contribution in [2.75, 3.05) is 0 Å². The second-order valence-electron chi connectivity index (χ2n) is 3.62. The molecule has 0 aromatic heterocycles. The molecule has 0 atom stereocenters. The van der Waals surface area contributed by atoms with Gasteiger partial charge in [-0.15, -0.1) is 6.58 Å².